The van der Waals surface area contributed by atoms with Gasteiger partial charge in [-0.25, -0.2) is 4.98 Å². The van der Waals surface area contributed by atoms with E-state index in [1.165, 1.54) is 88.2 Å². The van der Waals surface area contributed by atoms with Crippen LogP contribution in [-0.4, -0.2) is 15.0 Å². The molecule has 0 aliphatic heterocycles. The molecule has 178 valence electrons. The summed E-state index contributed by atoms with van der Waals surface area (Å²) < 4.78 is 0. The molecule has 3 aromatic heterocycles. The zero-order chi connectivity index (χ0) is 23.0. The molecule has 2 aliphatic carbocycles. The van der Waals surface area contributed by atoms with Crippen LogP contribution in [0, 0.1) is 11.8 Å². The van der Waals surface area contributed by atoms with Gasteiger partial charge in [-0.2, -0.15) is 0 Å². The largest absolute Gasteiger partial charge is 0.255 e. The van der Waals surface area contributed by atoms with Crippen molar-refractivity contribution < 1.29 is 0 Å². The van der Waals surface area contributed by atoms with Crippen LogP contribution in [0.5, 0.6) is 0 Å². The zero-order valence-corrected chi connectivity index (χ0v) is 20.6. The van der Waals surface area contributed by atoms with E-state index in [4.69, 9.17) is 15.0 Å². The molecule has 0 atom stereocenters. The molecule has 0 unspecified atom stereocenters. The molecule has 0 N–H and O–H groups in total. The van der Waals surface area contributed by atoms with Gasteiger partial charge in [-0.1, -0.05) is 82.4 Å². The van der Waals surface area contributed by atoms with Crippen molar-refractivity contribution in [3.8, 4) is 22.8 Å². The standard InChI is InChI=1S/C31H39N3/c1-3-11-24(12-4-1)17-19-26-23-27(20-18-25-13-5-2-6-14-25)31(29-16-8-10-22-33-29)34-30(26)28-15-7-9-21-32-28/h7-10,15-16,21-25H,1-6,11-14,17-20H2. The van der Waals surface area contributed by atoms with Crippen molar-refractivity contribution in [2.24, 2.45) is 11.8 Å². The molecule has 3 nitrogen and oxygen atoms in total. The molecular formula is C31H39N3. The number of aryl methyl sites for hydroxylation is 2. The van der Waals surface area contributed by atoms with Crippen LogP contribution in [0.3, 0.4) is 0 Å². The van der Waals surface area contributed by atoms with Gasteiger partial charge in [0.15, 0.2) is 0 Å². The Labute approximate surface area is 205 Å². The van der Waals surface area contributed by atoms with Gasteiger partial charge in [0.2, 0.25) is 0 Å². The molecule has 2 saturated carbocycles. The molecule has 0 spiro atoms. The predicted molar refractivity (Wildman–Crippen MR) is 140 cm³/mol. The Morgan fingerprint density at radius 1 is 0.588 bits per heavy atom. The summed E-state index contributed by atoms with van der Waals surface area (Å²) >= 11 is 0. The SMILES string of the molecule is c1ccc(-c2nc(-c3ccccn3)c(CCC3CCCCC3)cc2CCC2CCCCC2)nc1. The fourth-order valence-corrected chi connectivity index (χ4v) is 6.10. The van der Waals surface area contributed by atoms with Gasteiger partial charge < -0.3 is 0 Å². The minimum atomic E-state index is 0.867. The summed E-state index contributed by atoms with van der Waals surface area (Å²) in [6.45, 7) is 0. The molecule has 0 bridgehead atoms. The summed E-state index contributed by atoms with van der Waals surface area (Å²) in [7, 11) is 0. The normalized spacial score (nSPS) is 17.6. The Morgan fingerprint density at radius 3 is 1.47 bits per heavy atom. The van der Waals surface area contributed by atoms with Crippen molar-refractivity contribution in [3.05, 3.63) is 66.0 Å². The number of hydrogen-bond acceptors (Lipinski definition) is 3. The van der Waals surface area contributed by atoms with Crippen LogP contribution in [0.4, 0.5) is 0 Å². The van der Waals surface area contributed by atoms with Crippen LogP contribution in [0.15, 0.2) is 54.9 Å². The van der Waals surface area contributed by atoms with Crippen molar-refractivity contribution in [1.29, 1.82) is 0 Å². The maximum Gasteiger partial charge on any atom is 0.0926 e. The minimum absolute atomic E-state index is 0.867. The lowest BCUT2D eigenvalue weighted by Gasteiger charge is -2.23. The van der Waals surface area contributed by atoms with Gasteiger partial charge in [0, 0.05) is 12.4 Å². The maximum absolute atomic E-state index is 5.32. The second-order valence-electron chi connectivity index (χ2n) is 10.5. The predicted octanol–water partition coefficient (Wildman–Crippen LogP) is 8.23. The van der Waals surface area contributed by atoms with Crippen molar-refractivity contribution >= 4 is 0 Å². The molecule has 2 aliphatic rings. The van der Waals surface area contributed by atoms with Crippen molar-refractivity contribution in [2.45, 2.75) is 89.9 Å². The van der Waals surface area contributed by atoms with E-state index in [1.807, 2.05) is 24.5 Å². The van der Waals surface area contributed by atoms with E-state index in [0.29, 0.717) is 0 Å². The molecule has 0 radical (unpaired) electrons. The summed E-state index contributed by atoms with van der Waals surface area (Å²) in [5.74, 6) is 1.73. The van der Waals surface area contributed by atoms with E-state index in [2.05, 4.69) is 30.3 Å². The topological polar surface area (TPSA) is 38.7 Å². The highest BCUT2D eigenvalue weighted by molar-refractivity contribution is 5.68. The van der Waals surface area contributed by atoms with Gasteiger partial charge in [-0.05, 0) is 72.9 Å². The summed E-state index contributed by atoms with van der Waals surface area (Å²) in [6.07, 6.45) is 22.6. The van der Waals surface area contributed by atoms with Crippen LogP contribution in [-0.2, 0) is 12.8 Å². The highest BCUT2D eigenvalue weighted by Crippen LogP contribution is 2.34. The van der Waals surface area contributed by atoms with Crippen LogP contribution < -0.4 is 0 Å². The molecule has 0 saturated heterocycles. The van der Waals surface area contributed by atoms with Gasteiger partial charge in [0.25, 0.3) is 0 Å². The third kappa shape index (κ3) is 5.92. The lowest BCUT2D eigenvalue weighted by atomic mass is 9.83. The van der Waals surface area contributed by atoms with E-state index in [0.717, 1.165) is 47.5 Å². The van der Waals surface area contributed by atoms with Crippen LogP contribution >= 0.6 is 0 Å². The third-order valence-electron chi connectivity index (χ3n) is 8.09. The number of pyridine rings is 3. The lowest BCUT2D eigenvalue weighted by molar-refractivity contribution is 0.338. The van der Waals surface area contributed by atoms with Gasteiger partial charge in [-0.15, -0.1) is 0 Å². The number of nitrogens with zero attached hydrogens (tertiary/aromatic N) is 3. The number of aromatic nitrogens is 3. The highest BCUT2D eigenvalue weighted by atomic mass is 14.8. The molecule has 34 heavy (non-hydrogen) atoms. The minimum Gasteiger partial charge on any atom is -0.255 e. The van der Waals surface area contributed by atoms with Gasteiger partial charge in [0.05, 0.1) is 22.8 Å². The van der Waals surface area contributed by atoms with Gasteiger partial charge >= 0.3 is 0 Å². The fraction of sp³-hybridized carbons (Fsp3) is 0.516. The first-order chi connectivity index (χ1) is 16.9. The summed E-state index contributed by atoms with van der Waals surface area (Å²) in [5, 5.41) is 0. The summed E-state index contributed by atoms with van der Waals surface area (Å²) in [6, 6.07) is 14.8. The molecule has 3 heterocycles. The Kier molecular flexibility index (Phi) is 8.01. The summed E-state index contributed by atoms with van der Waals surface area (Å²) in [5.41, 5.74) is 6.83. The monoisotopic (exact) mass is 453 g/mol. The highest BCUT2D eigenvalue weighted by Gasteiger charge is 2.20. The van der Waals surface area contributed by atoms with Gasteiger partial charge in [-0.3, -0.25) is 9.97 Å². The van der Waals surface area contributed by atoms with Crippen molar-refractivity contribution in [1.82, 2.24) is 15.0 Å². The molecule has 2 fully saturated rings. The van der Waals surface area contributed by atoms with Crippen LogP contribution in [0.1, 0.15) is 88.2 Å². The maximum atomic E-state index is 5.32. The Hall–Kier alpha value is -2.55. The fourth-order valence-electron chi connectivity index (χ4n) is 6.10. The third-order valence-corrected chi connectivity index (χ3v) is 8.09. The molecular weight excluding hydrogens is 414 g/mol. The van der Waals surface area contributed by atoms with E-state index in [9.17, 15) is 0 Å². The smallest absolute Gasteiger partial charge is 0.0926 e. The average Bonchev–Trinajstić information content (AvgIpc) is 2.92. The van der Waals surface area contributed by atoms with Crippen LogP contribution in [0.25, 0.3) is 22.8 Å². The first-order valence-corrected chi connectivity index (χ1v) is 13.7. The Balaban J connectivity index is 1.49. The van der Waals surface area contributed by atoms with Crippen LogP contribution in [0.2, 0.25) is 0 Å². The van der Waals surface area contributed by atoms with E-state index >= 15 is 0 Å². The number of rotatable bonds is 8. The molecule has 5 rings (SSSR count). The quantitative estimate of drug-likeness (QED) is 0.345. The Morgan fingerprint density at radius 2 is 1.06 bits per heavy atom. The van der Waals surface area contributed by atoms with E-state index in [-0.39, 0.29) is 0 Å². The van der Waals surface area contributed by atoms with E-state index < -0.39 is 0 Å². The number of hydrogen-bond donors (Lipinski definition) is 0. The summed E-state index contributed by atoms with van der Waals surface area (Å²) in [4.78, 5) is 14.7. The van der Waals surface area contributed by atoms with E-state index in [1.54, 1.807) is 0 Å². The molecule has 3 aromatic rings. The molecule has 0 aromatic carbocycles. The Bertz CT molecular complexity index is 939. The van der Waals surface area contributed by atoms with Gasteiger partial charge in [0.1, 0.15) is 0 Å². The zero-order valence-electron chi connectivity index (χ0n) is 20.6. The van der Waals surface area contributed by atoms with Crippen molar-refractivity contribution in [2.75, 3.05) is 0 Å². The molecule has 3 heteroatoms. The lowest BCUT2D eigenvalue weighted by Crippen LogP contribution is -2.10. The first kappa shape index (κ1) is 23.2. The van der Waals surface area contributed by atoms with Crippen molar-refractivity contribution in [3.63, 3.8) is 0 Å². The second-order valence-corrected chi connectivity index (χ2v) is 10.5. The molecule has 0 amide bonds. The average molecular weight is 454 g/mol. The first-order valence-electron chi connectivity index (χ1n) is 13.7. The second kappa shape index (κ2) is 11.7.